The van der Waals surface area contributed by atoms with Gasteiger partial charge >= 0.3 is 42.1 Å². The van der Waals surface area contributed by atoms with Gasteiger partial charge in [-0.25, -0.2) is 8.42 Å². The van der Waals surface area contributed by atoms with Crippen LogP contribution in [0.2, 0.25) is 0 Å². The van der Waals surface area contributed by atoms with Crippen molar-refractivity contribution in [2.75, 3.05) is 0 Å². The number of hydrogen-bond acceptors (Lipinski definition) is 2. The summed E-state index contributed by atoms with van der Waals surface area (Å²) in [5, 5.41) is 0.551. The van der Waals surface area contributed by atoms with Crippen LogP contribution >= 0.6 is 0 Å². The molecular weight excluding hydrogens is 304 g/mol. The Kier molecular flexibility index (Phi) is 5.35. The molecule has 0 rings (SSSR count). The molecule has 0 saturated carbocycles. The van der Waals surface area contributed by atoms with Gasteiger partial charge in [-0.3, -0.25) is 0 Å². The third kappa shape index (κ3) is 2.73. The van der Waals surface area contributed by atoms with Crippen molar-refractivity contribution in [3.8, 4) is 0 Å². The monoisotopic (exact) mass is 304 g/mol. The molecule has 0 saturated heterocycles. The largest absolute Gasteiger partial charge is 1.00 e. The van der Waals surface area contributed by atoms with E-state index in [9.17, 15) is 47.9 Å². The summed E-state index contributed by atoms with van der Waals surface area (Å²) < 4.78 is 126. The van der Waals surface area contributed by atoms with E-state index in [1.54, 1.807) is 0 Å². The molecule has 0 aromatic heterocycles. The fraction of sp³-hybridized carbons (Fsp3) is 1.00. The summed E-state index contributed by atoms with van der Waals surface area (Å²) >= 11 is 0. The Morgan fingerprint density at radius 2 is 1.00 bits per heavy atom. The van der Waals surface area contributed by atoms with Gasteiger partial charge in [0.25, 0.3) is 0 Å². The molecular formula is C4F9LiNO2S. The predicted octanol–water partition coefficient (Wildman–Crippen LogP) is -0.416. The van der Waals surface area contributed by atoms with Crippen molar-refractivity contribution in [1.29, 1.82) is 0 Å². The van der Waals surface area contributed by atoms with Crippen molar-refractivity contribution in [3.63, 3.8) is 0 Å². The SMILES string of the molecule is [Li+].[N-]S(=O)(=O)C(F)(F)C(F)(F)C(F)(F)C(F)(F)F. The molecule has 0 aromatic carbocycles. The molecule has 0 heterocycles. The zero-order valence-electron chi connectivity index (χ0n) is 8.07. The van der Waals surface area contributed by atoms with E-state index < -0.39 is 33.3 Å². The van der Waals surface area contributed by atoms with Gasteiger partial charge in [0.2, 0.25) is 0 Å². The van der Waals surface area contributed by atoms with E-state index in [-0.39, 0.29) is 18.9 Å². The van der Waals surface area contributed by atoms with Gasteiger partial charge in [-0.15, -0.1) is 0 Å². The van der Waals surface area contributed by atoms with E-state index in [1.807, 2.05) is 0 Å². The van der Waals surface area contributed by atoms with Gasteiger partial charge in [0.15, 0.2) is 0 Å². The fourth-order valence-corrected chi connectivity index (χ4v) is 0.975. The Bertz CT molecular complexity index is 401. The standard InChI is InChI=1S/C4F9NO2S.Li/c5-1(6,3(9,10)11)2(7,8)4(12,13)17(14,15)16;/q-1;+1. The molecule has 0 aliphatic heterocycles. The number of sulfonamides is 1. The maximum atomic E-state index is 12.2. The summed E-state index contributed by atoms with van der Waals surface area (Å²) in [5.41, 5.74) is 0. The molecule has 0 fully saturated rings. The molecule has 14 heteroatoms. The number of hydrogen-bond donors (Lipinski definition) is 0. The first-order chi connectivity index (χ1) is 7.00. The van der Waals surface area contributed by atoms with Crippen molar-refractivity contribution >= 4 is 10.0 Å². The zero-order chi connectivity index (χ0) is 14.5. The van der Waals surface area contributed by atoms with Gasteiger partial charge in [0, 0.05) is 0 Å². The molecule has 18 heavy (non-hydrogen) atoms. The molecule has 1 radical (unpaired) electrons. The van der Waals surface area contributed by atoms with E-state index in [1.165, 1.54) is 0 Å². The van der Waals surface area contributed by atoms with E-state index in [2.05, 4.69) is 0 Å². The summed E-state index contributed by atoms with van der Waals surface area (Å²) in [6.45, 7) is 0. The summed E-state index contributed by atoms with van der Waals surface area (Å²) in [7, 11) is -7.17. The quantitative estimate of drug-likeness (QED) is 0.525. The van der Waals surface area contributed by atoms with Gasteiger partial charge in [-0.2, -0.15) is 39.5 Å². The van der Waals surface area contributed by atoms with Crippen LogP contribution < -0.4 is 18.9 Å². The summed E-state index contributed by atoms with van der Waals surface area (Å²) in [5.74, 6) is -14.7. The molecule has 0 aliphatic carbocycles. The maximum absolute atomic E-state index is 12.2. The first kappa shape index (κ1) is 20.2. The molecule has 0 N–H and O–H groups in total. The van der Waals surface area contributed by atoms with Crippen LogP contribution in [0.25, 0.3) is 5.14 Å². The second kappa shape index (κ2) is 4.77. The molecule has 0 atom stereocenters. The van der Waals surface area contributed by atoms with E-state index in [0.717, 1.165) is 0 Å². The van der Waals surface area contributed by atoms with E-state index in [4.69, 9.17) is 5.14 Å². The smallest absolute Gasteiger partial charge is 0.677 e. The molecule has 0 spiro atoms. The first-order valence-corrected chi connectivity index (χ1v) is 4.61. The van der Waals surface area contributed by atoms with Crippen LogP contribution in [0.4, 0.5) is 39.5 Å². The second-order valence-electron chi connectivity index (χ2n) is 2.64. The average Bonchev–Trinajstić information content (AvgIpc) is 1.98. The van der Waals surface area contributed by atoms with Crippen LogP contribution in [0.3, 0.4) is 0 Å². The minimum Gasteiger partial charge on any atom is -0.677 e. The normalized spacial score (nSPS) is 15.2. The third-order valence-electron chi connectivity index (χ3n) is 1.44. The van der Waals surface area contributed by atoms with Crippen molar-refractivity contribution in [2.45, 2.75) is 23.3 Å². The Morgan fingerprint density at radius 3 is 1.17 bits per heavy atom. The van der Waals surface area contributed by atoms with Crippen LogP contribution in [-0.2, 0) is 10.0 Å². The van der Waals surface area contributed by atoms with E-state index in [0.29, 0.717) is 0 Å². The third-order valence-corrected chi connectivity index (χ3v) is 2.34. The number of rotatable bonds is 3. The summed E-state index contributed by atoms with van der Waals surface area (Å²) in [6.07, 6.45) is -7.13. The van der Waals surface area contributed by atoms with Crippen molar-refractivity contribution < 1.29 is 66.8 Å². The van der Waals surface area contributed by atoms with Crippen LogP contribution in [0.15, 0.2) is 0 Å². The fourth-order valence-electron chi connectivity index (χ4n) is 0.523. The van der Waals surface area contributed by atoms with Crippen molar-refractivity contribution in [3.05, 3.63) is 5.14 Å². The Hall–Kier alpha value is -0.123. The Balaban J connectivity index is 0. The number of nitrogens with zero attached hydrogens (tertiary/aromatic N) is 1. The minimum atomic E-state index is -7.37. The molecule has 0 unspecified atom stereocenters. The van der Waals surface area contributed by atoms with Gasteiger partial charge in [-0.05, 0) is 0 Å². The van der Waals surface area contributed by atoms with Gasteiger partial charge in [0.1, 0.15) is 10.0 Å². The summed E-state index contributed by atoms with van der Waals surface area (Å²) in [6, 6.07) is 0. The first-order valence-electron chi connectivity index (χ1n) is 3.17. The zero-order valence-corrected chi connectivity index (χ0v) is 8.89. The molecule has 0 aliphatic rings. The van der Waals surface area contributed by atoms with Gasteiger partial charge in [0.05, 0.1) is 0 Å². The van der Waals surface area contributed by atoms with E-state index >= 15 is 0 Å². The average molecular weight is 304 g/mol. The Labute approximate surface area is 106 Å². The van der Waals surface area contributed by atoms with Crippen LogP contribution in [0.5, 0.6) is 0 Å². The van der Waals surface area contributed by atoms with Gasteiger partial charge < -0.3 is 5.14 Å². The number of alkyl halides is 9. The van der Waals surface area contributed by atoms with Crippen molar-refractivity contribution in [2.24, 2.45) is 0 Å². The molecule has 3 nitrogen and oxygen atoms in total. The maximum Gasteiger partial charge on any atom is 1.00 e. The van der Waals surface area contributed by atoms with Crippen LogP contribution in [0, 0.1) is 0 Å². The number of halogens is 9. The topological polar surface area (TPSA) is 56.4 Å². The van der Waals surface area contributed by atoms with Crippen LogP contribution in [-0.4, -0.2) is 31.7 Å². The molecule has 0 amide bonds. The summed E-state index contributed by atoms with van der Waals surface area (Å²) in [4.78, 5) is 0. The van der Waals surface area contributed by atoms with Crippen LogP contribution in [0.1, 0.15) is 0 Å². The molecule has 0 bridgehead atoms. The second-order valence-corrected chi connectivity index (χ2v) is 4.10. The predicted molar refractivity (Wildman–Crippen MR) is 33.2 cm³/mol. The van der Waals surface area contributed by atoms with Gasteiger partial charge in [-0.1, -0.05) is 0 Å². The molecule has 0 aromatic rings. The molecule has 103 valence electrons. The van der Waals surface area contributed by atoms with Crippen molar-refractivity contribution in [1.82, 2.24) is 0 Å². The Morgan fingerprint density at radius 1 is 0.722 bits per heavy atom. The minimum absolute atomic E-state index is 0.